The van der Waals surface area contributed by atoms with Crippen molar-refractivity contribution in [2.24, 2.45) is 5.92 Å². The molecule has 4 nitrogen and oxygen atoms in total. The van der Waals surface area contributed by atoms with Gasteiger partial charge in [-0.05, 0) is 19.4 Å². The first kappa shape index (κ1) is 14.7. The molecule has 1 aromatic carbocycles. The molecule has 0 aromatic heterocycles. The maximum absolute atomic E-state index is 12.0. The molecular formula is C15H17NO3S. The predicted octanol–water partition coefficient (Wildman–Crippen LogP) is 2.23. The minimum atomic E-state index is -0.608. The number of rotatable bonds is 4. The summed E-state index contributed by atoms with van der Waals surface area (Å²) in [4.78, 5) is 25.6. The molecule has 20 heavy (non-hydrogen) atoms. The first-order chi connectivity index (χ1) is 9.52. The standard InChI is InChI=1S/C15H17NO3S/c1-3-19-15(18)12-8-13(17)16(14(12)20)9-11-6-4-10(2)5-7-11/h4-7,12H,3,8-9H2,1-2H3. The molecule has 0 saturated carbocycles. The van der Waals surface area contributed by atoms with Crippen molar-refractivity contribution in [2.75, 3.05) is 6.61 Å². The van der Waals surface area contributed by atoms with Crippen molar-refractivity contribution in [2.45, 2.75) is 26.8 Å². The number of hydrogen-bond donors (Lipinski definition) is 0. The molecule has 1 unspecified atom stereocenters. The minimum Gasteiger partial charge on any atom is -0.465 e. The Hall–Kier alpha value is -1.75. The van der Waals surface area contributed by atoms with Crippen LogP contribution >= 0.6 is 12.2 Å². The zero-order valence-electron chi connectivity index (χ0n) is 11.6. The van der Waals surface area contributed by atoms with E-state index in [2.05, 4.69) is 0 Å². The molecule has 0 bridgehead atoms. The van der Waals surface area contributed by atoms with Crippen LogP contribution in [0.15, 0.2) is 24.3 Å². The van der Waals surface area contributed by atoms with E-state index in [0.717, 1.165) is 11.1 Å². The molecule has 1 atom stereocenters. The summed E-state index contributed by atoms with van der Waals surface area (Å²) in [5.41, 5.74) is 2.16. The number of carbonyl (C=O) groups is 2. The average molecular weight is 291 g/mol. The molecule has 1 aromatic rings. The molecule has 1 saturated heterocycles. The van der Waals surface area contributed by atoms with Crippen LogP contribution in [0.2, 0.25) is 0 Å². The third kappa shape index (κ3) is 3.04. The summed E-state index contributed by atoms with van der Waals surface area (Å²) in [6.45, 7) is 4.45. The van der Waals surface area contributed by atoms with Gasteiger partial charge in [0.2, 0.25) is 5.91 Å². The van der Waals surface area contributed by atoms with E-state index in [1.165, 1.54) is 4.90 Å². The van der Waals surface area contributed by atoms with Gasteiger partial charge in [-0.1, -0.05) is 42.0 Å². The average Bonchev–Trinajstić information content (AvgIpc) is 2.69. The molecule has 0 aliphatic carbocycles. The SMILES string of the molecule is CCOC(=O)C1CC(=O)N(Cc2ccc(C)cc2)C1=S. The molecule has 5 heteroatoms. The van der Waals surface area contributed by atoms with E-state index in [0.29, 0.717) is 18.1 Å². The molecule has 0 N–H and O–H groups in total. The van der Waals surface area contributed by atoms with Gasteiger partial charge in [-0.15, -0.1) is 0 Å². The van der Waals surface area contributed by atoms with Crippen LogP contribution in [0.3, 0.4) is 0 Å². The van der Waals surface area contributed by atoms with Crippen molar-refractivity contribution in [1.29, 1.82) is 0 Å². The maximum Gasteiger partial charge on any atom is 0.316 e. The van der Waals surface area contributed by atoms with Crippen molar-refractivity contribution < 1.29 is 14.3 Å². The molecule has 2 rings (SSSR count). The number of carbonyl (C=O) groups excluding carboxylic acids is 2. The quantitative estimate of drug-likeness (QED) is 0.630. The van der Waals surface area contributed by atoms with E-state index < -0.39 is 11.9 Å². The van der Waals surface area contributed by atoms with Gasteiger partial charge in [-0.2, -0.15) is 0 Å². The van der Waals surface area contributed by atoms with E-state index >= 15 is 0 Å². The van der Waals surface area contributed by atoms with E-state index in [9.17, 15) is 9.59 Å². The summed E-state index contributed by atoms with van der Waals surface area (Å²) in [5, 5.41) is 0. The largest absolute Gasteiger partial charge is 0.465 e. The Morgan fingerprint density at radius 3 is 2.65 bits per heavy atom. The van der Waals surface area contributed by atoms with Gasteiger partial charge < -0.3 is 9.64 Å². The van der Waals surface area contributed by atoms with E-state index in [4.69, 9.17) is 17.0 Å². The van der Waals surface area contributed by atoms with Gasteiger partial charge in [0.1, 0.15) is 5.92 Å². The van der Waals surface area contributed by atoms with E-state index in [-0.39, 0.29) is 12.3 Å². The first-order valence-electron chi connectivity index (χ1n) is 6.59. The van der Waals surface area contributed by atoms with E-state index in [1.54, 1.807) is 6.92 Å². The van der Waals surface area contributed by atoms with Crippen LogP contribution < -0.4 is 0 Å². The lowest BCUT2D eigenvalue weighted by Gasteiger charge is -2.17. The molecule has 1 amide bonds. The monoisotopic (exact) mass is 291 g/mol. The summed E-state index contributed by atoms with van der Waals surface area (Å²) in [5.74, 6) is -1.13. The minimum absolute atomic E-state index is 0.115. The van der Waals surface area contributed by atoms with Crippen molar-refractivity contribution in [1.82, 2.24) is 4.90 Å². The second kappa shape index (κ2) is 6.13. The molecule has 1 heterocycles. The Labute approximate surface area is 123 Å². The molecule has 106 valence electrons. The zero-order chi connectivity index (χ0) is 14.7. The summed E-state index contributed by atoms with van der Waals surface area (Å²) >= 11 is 5.26. The highest BCUT2D eigenvalue weighted by Gasteiger charge is 2.40. The van der Waals surface area contributed by atoms with Crippen LogP contribution in [0.4, 0.5) is 0 Å². The van der Waals surface area contributed by atoms with Crippen LogP contribution in [0, 0.1) is 12.8 Å². The van der Waals surface area contributed by atoms with E-state index in [1.807, 2.05) is 31.2 Å². The fourth-order valence-electron chi connectivity index (χ4n) is 2.15. The summed E-state index contributed by atoms with van der Waals surface area (Å²) in [6.07, 6.45) is 0.115. The number of ether oxygens (including phenoxy) is 1. The van der Waals surface area contributed by atoms with Crippen LogP contribution in [0.5, 0.6) is 0 Å². The normalized spacial score (nSPS) is 18.5. The molecular weight excluding hydrogens is 274 g/mol. The van der Waals surface area contributed by atoms with Crippen LogP contribution in [0.1, 0.15) is 24.5 Å². The highest BCUT2D eigenvalue weighted by Crippen LogP contribution is 2.24. The van der Waals surface area contributed by atoms with Gasteiger partial charge in [0, 0.05) is 6.42 Å². The molecule has 1 fully saturated rings. The van der Waals surface area contributed by atoms with Crippen LogP contribution in [-0.2, 0) is 20.9 Å². The lowest BCUT2D eigenvalue weighted by molar-refractivity contribution is -0.146. The first-order valence-corrected chi connectivity index (χ1v) is 7.00. The van der Waals surface area contributed by atoms with Crippen LogP contribution in [0.25, 0.3) is 0 Å². The van der Waals surface area contributed by atoms with Crippen molar-refractivity contribution in [3.63, 3.8) is 0 Å². The molecule has 0 radical (unpaired) electrons. The Balaban J connectivity index is 2.09. The second-order valence-corrected chi connectivity index (χ2v) is 5.23. The third-order valence-corrected chi connectivity index (χ3v) is 3.78. The number of amides is 1. The number of hydrogen-bond acceptors (Lipinski definition) is 4. The lowest BCUT2D eigenvalue weighted by atomic mass is 10.1. The Kier molecular flexibility index (Phi) is 4.49. The molecule has 1 aliphatic rings. The van der Waals surface area contributed by atoms with Gasteiger partial charge in [-0.3, -0.25) is 9.59 Å². The highest BCUT2D eigenvalue weighted by molar-refractivity contribution is 7.80. The van der Waals surface area contributed by atoms with Gasteiger partial charge in [0.25, 0.3) is 0 Å². The maximum atomic E-state index is 12.0. The van der Waals surface area contributed by atoms with Crippen molar-refractivity contribution in [3.05, 3.63) is 35.4 Å². The molecule has 1 aliphatic heterocycles. The topological polar surface area (TPSA) is 46.6 Å². The second-order valence-electron chi connectivity index (χ2n) is 4.81. The number of likely N-dealkylation sites (tertiary alicyclic amines) is 1. The van der Waals surface area contributed by atoms with Gasteiger partial charge in [-0.25, -0.2) is 0 Å². The number of nitrogens with zero attached hydrogens (tertiary/aromatic N) is 1. The molecule has 0 spiro atoms. The smallest absolute Gasteiger partial charge is 0.316 e. The van der Waals surface area contributed by atoms with Crippen LogP contribution in [-0.4, -0.2) is 28.4 Å². The van der Waals surface area contributed by atoms with Gasteiger partial charge >= 0.3 is 5.97 Å². The number of benzene rings is 1. The fourth-order valence-corrected chi connectivity index (χ4v) is 2.50. The van der Waals surface area contributed by atoms with Crippen molar-refractivity contribution >= 4 is 29.1 Å². The number of aryl methyl sites for hydroxylation is 1. The predicted molar refractivity (Wildman–Crippen MR) is 79.1 cm³/mol. The Morgan fingerprint density at radius 2 is 2.05 bits per heavy atom. The fraction of sp³-hybridized carbons (Fsp3) is 0.400. The Bertz CT molecular complexity index is 539. The summed E-state index contributed by atoms with van der Waals surface area (Å²) in [7, 11) is 0. The summed E-state index contributed by atoms with van der Waals surface area (Å²) in [6, 6.07) is 7.90. The third-order valence-electron chi connectivity index (χ3n) is 3.28. The zero-order valence-corrected chi connectivity index (χ0v) is 12.4. The lowest BCUT2D eigenvalue weighted by Crippen LogP contribution is -2.31. The van der Waals surface area contributed by atoms with Gasteiger partial charge in [0.15, 0.2) is 0 Å². The van der Waals surface area contributed by atoms with Gasteiger partial charge in [0.05, 0.1) is 18.1 Å². The Morgan fingerprint density at radius 1 is 1.40 bits per heavy atom. The van der Waals surface area contributed by atoms with Crippen molar-refractivity contribution in [3.8, 4) is 0 Å². The number of esters is 1. The highest BCUT2D eigenvalue weighted by atomic mass is 32.1. The number of thiocarbonyl (C=S) groups is 1. The summed E-state index contributed by atoms with van der Waals surface area (Å²) < 4.78 is 4.95.